The largest absolute Gasteiger partial charge is 0.356 e. The van der Waals surface area contributed by atoms with Gasteiger partial charge in [-0.3, -0.25) is 4.79 Å². The first-order valence-corrected chi connectivity index (χ1v) is 5.59. The summed E-state index contributed by atoms with van der Waals surface area (Å²) in [5.41, 5.74) is 0. The maximum absolute atomic E-state index is 11.2. The molecule has 14 heavy (non-hydrogen) atoms. The van der Waals surface area contributed by atoms with Crippen LogP contribution in [0.5, 0.6) is 0 Å². The van der Waals surface area contributed by atoms with E-state index >= 15 is 0 Å². The van der Waals surface area contributed by atoms with E-state index in [2.05, 4.69) is 24.5 Å². The van der Waals surface area contributed by atoms with Gasteiger partial charge in [0.2, 0.25) is 5.91 Å². The van der Waals surface area contributed by atoms with Crippen LogP contribution >= 0.6 is 0 Å². The van der Waals surface area contributed by atoms with Crippen LogP contribution in [0.3, 0.4) is 0 Å². The fourth-order valence-corrected chi connectivity index (χ4v) is 0.997. The topological polar surface area (TPSA) is 41.1 Å². The third-order valence-corrected chi connectivity index (χ3v) is 2.28. The van der Waals surface area contributed by atoms with Crippen molar-refractivity contribution in [2.75, 3.05) is 13.1 Å². The van der Waals surface area contributed by atoms with Crippen LogP contribution in [0.4, 0.5) is 0 Å². The molecule has 0 aliphatic rings. The van der Waals surface area contributed by atoms with Gasteiger partial charge in [0, 0.05) is 18.5 Å². The first-order valence-electron chi connectivity index (χ1n) is 5.59. The molecule has 84 valence electrons. The van der Waals surface area contributed by atoms with E-state index in [-0.39, 0.29) is 11.8 Å². The molecule has 0 aromatic carbocycles. The Morgan fingerprint density at radius 2 is 1.86 bits per heavy atom. The first-order chi connectivity index (χ1) is 6.57. The summed E-state index contributed by atoms with van der Waals surface area (Å²) in [4.78, 5) is 11.2. The van der Waals surface area contributed by atoms with Gasteiger partial charge in [-0.05, 0) is 26.3 Å². The summed E-state index contributed by atoms with van der Waals surface area (Å²) in [6.45, 7) is 9.91. The van der Waals surface area contributed by atoms with Crippen molar-refractivity contribution < 1.29 is 4.79 Å². The minimum absolute atomic E-state index is 0.0949. The quantitative estimate of drug-likeness (QED) is 0.612. The van der Waals surface area contributed by atoms with Crippen molar-refractivity contribution in [1.82, 2.24) is 10.6 Å². The summed E-state index contributed by atoms with van der Waals surface area (Å²) >= 11 is 0. The van der Waals surface area contributed by atoms with Crippen molar-refractivity contribution in [2.24, 2.45) is 5.92 Å². The molecular weight excluding hydrogens is 176 g/mol. The molecule has 0 radical (unpaired) electrons. The van der Waals surface area contributed by atoms with Crippen LogP contribution in [-0.4, -0.2) is 25.0 Å². The van der Waals surface area contributed by atoms with Gasteiger partial charge in [-0.15, -0.1) is 0 Å². The average Bonchev–Trinajstić information content (AvgIpc) is 2.16. The van der Waals surface area contributed by atoms with Gasteiger partial charge in [-0.2, -0.15) is 0 Å². The van der Waals surface area contributed by atoms with Gasteiger partial charge in [-0.1, -0.05) is 20.8 Å². The lowest BCUT2D eigenvalue weighted by atomic mass is 10.2. The van der Waals surface area contributed by atoms with E-state index in [1.807, 2.05) is 13.8 Å². The van der Waals surface area contributed by atoms with Crippen molar-refractivity contribution in [3.63, 3.8) is 0 Å². The zero-order chi connectivity index (χ0) is 11.0. The zero-order valence-electron chi connectivity index (χ0n) is 9.89. The Bertz CT molecular complexity index is 157. The summed E-state index contributed by atoms with van der Waals surface area (Å²) < 4.78 is 0. The molecule has 3 nitrogen and oxygen atoms in total. The first kappa shape index (κ1) is 13.4. The van der Waals surface area contributed by atoms with Crippen molar-refractivity contribution in [1.29, 1.82) is 0 Å². The third kappa shape index (κ3) is 6.89. The summed E-state index contributed by atoms with van der Waals surface area (Å²) in [5.74, 6) is 0.242. The Balaban J connectivity index is 3.26. The fraction of sp³-hybridized carbons (Fsp3) is 0.909. The molecule has 1 atom stereocenters. The van der Waals surface area contributed by atoms with E-state index in [9.17, 15) is 4.79 Å². The highest BCUT2D eigenvalue weighted by atomic mass is 16.1. The number of nitrogens with one attached hydrogen (secondary N) is 2. The third-order valence-electron chi connectivity index (χ3n) is 2.28. The molecule has 2 N–H and O–H groups in total. The molecule has 0 bridgehead atoms. The Hall–Kier alpha value is -0.570. The van der Waals surface area contributed by atoms with Crippen LogP contribution in [0.15, 0.2) is 0 Å². The minimum Gasteiger partial charge on any atom is -0.356 e. The van der Waals surface area contributed by atoms with Gasteiger partial charge in [-0.25, -0.2) is 0 Å². The lowest BCUT2D eigenvalue weighted by molar-refractivity contribution is -0.123. The van der Waals surface area contributed by atoms with E-state index < -0.39 is 0 Å². The standard InChI is InChI=1S/C11H24N2O/c1-5-10(4)12-7-6-8-13-11(14)9(2)3/h9-10,12H,5-8H2,1-4H3,(H,13,14). The molecule has 0 heterocycles. The van der Waals surface area contributed by atoms with Gasteiger partial charge in [0.15, 0.2) is 0 Å². The molecule has 0 aromatic rings. The van der Waals surface area contributed by atoms with Crippen LogP contribution in [0.25, 0.3) is 0 Å². The van der Waals surface area contributed by atoms with Crippen LogP contribution in [-0.2, 0) is 4.79 Å². The number of hydrogen-bond donors (Lipinski definition) is 2. The Morgan fingerprint density at radius 3 is 2.36 bits per heavy atom. The molecule has 1 unspecified atom stereocenters. The Morgan fingerprint density at radius 1 is 1.21 bits per heavy atom. The van der Waals surface area contributed by atoms with Gasteiger partial charge < -0.3 is 10.6 Å². The van der Waals surface area contributed by atoms with Crippen LogP contribution in [0.2, 0.25) is 0 Å². The smallest absolute Gasteiger partial charge is 0.222 e. The van der Waals surface area contributed by atoms with Gasteiger partial charge in [0.25, 0.3) is 0 Å². The van der Waals surface area contributed by atoms with E-state index in [4.69, 9.17) is 0 Å². The van der Waals surface area contributed by atoms with Gasteiger partial charge in [0.1, 0.15) is 0 Å². The number of amides is 1. The van der Waals surface area contributed by atoms with Crippen molar-refractivity contribution >= 4 is 5.91 Å². The maximum Gasteiger partial charge on any atom is 0.222 e. The number of carbonyl (C=O) groups excluding carboxylic acids is 1. The summed E-state index contributed by atoms with van der Waals surface area (Å²) in [7, 11) is 0. The van der Waals surface area contributed by atoms with Gasteiger partial charge >= 0.3 is 0 Å². The van der Waals surface area contributed by atoms with Crippen molar-refractivity contribution in [3.8, 4) is 0 Å². The molecule has 1 amide bonds. The molecule has 0 aromatic heterocycles. The molecule has 0 aliphatic carbocycles. The predicted molar refractivity (Wildman–Crippen MR) is 60.2 cm³/mol. The van der Waals surface area contributed by atoms with Crippen LogP contribution < -0.4 is 10.6 Å². The SMILES string of the molecule is CCC(C)NCCCNC(=O)C(C)C. The Labute approximate surface area is 87.6 Å². The van der Waals surface area contributed by atoms with Gasteiger partial charge in [0.05, 0.1) is 0 Å². The lowest BCUT2D eigenvalue weighted by Gasteiger charge is -2.11. The molecule has 0 rings (SSSR count). The van der Waals surface area contributed by atoms with Crippen molar-refractivity contribution in [2.45, 2.75) is 46.6 Å². The number of hydrogen-bond acceptors (Lipinski definition) is 2. The second-order valence-corrected chi connectivity index (χ2v) is 4.06. The van der Waals surface area contributed by atoms with E-state index in [1.165, 1.54) is 0 Å². The van der Waals surface area contributed by atoms with E-state index in [0.29, 0.717) is 6.04 Å². The Kier molecular flexibility index (Phi) is 7.48. The fourth-order valence-electron chi connectivity index (χ4n) is 0.997. The molecule has 0 spiro atoms. The monoisotopic (exact) mass is 200 g/mol. The number of carbonyl (C=O) groups is 1. The summed E-state index contributed by atoms with van der Waals surface area (Å²) in [6, 6.07) is 0.579. The normalized spacial score (nSPS) is 12.9. The molecule has 0 saturated heterocycles. The van der Waals surface area contributed by atoms with E-state index in [0.717, 1.165) is 25.9 Å². The highest BCUT2D eigenvalue weighted by molar-refractivity contribution is 5.77. The molecule has 0 saturated carbocycles. The van der Waals surface area contributed by atoms with Crippen molar-refractivity contribution in [3.05, 3.63) is 0 Å². The number of rotatable bonds is 7. The predicted octanol–water partition coefficient (Wildman–Crippen LogP) is 1.54. The lowest BCUT2D eigenvalue weighted by Crippen LogP contribution is -2.32. The summed E-state index contributed by atoms with van der Waals surface area (Å²) in [6.07, 6.45) is 2.15. The molecule has 3 heteroatoms. The summed E-state index contributed by atoms with van der Waals surface area (Å²) in [5, 5.41) is 6.28. The maximum atomic E-state index is 11.2. The second kappa shape index (κ2) is 7.80. The minimum atomic E-state index is 0.0949. The molecule has 0 fully saturated rings. The average molecular weight is 200 g/mol. The highest BCUT2D eigenvalue weighted by Crippen LogP contribution is 1.91. The zero-order valence-corrected chi connectivity index (χ0v) is 9.89. The molecule has 0 aliphatic heterocycles. The molecular formula is C11H24N2O. The second-order valence-electron chi connectivity index (χ2n) is 4.06. The highest BCUT2D eigenvalue weighted by Gasteiger charge is 2.04. The van der Waals surface area contributed by atoms with Crippen LogP contribution in [0, 0.1) is 5.92 Å². The van der Waals surface area contributed by atoms with Crippen LogP contribution in [0.1, 0.15) is 40.5 Å². The van der Waals surface area contributed by atoms with E-state index in [1.54, 1.807) is 0 Å².